The van der Waals surface area contributed by atoms with Crippen molar-refractivity contribution >= 4 is 11.9 Å². The molecule has 0 saturated carbocycles. The molecule has 0 heterocycles. The summed E-state index contributed by atoms with van der Waals surface area (Å²) in [4.78, 5) is 21.1. The van der Waals surface area contributed by atoms with Gasteiger partial charge >= 0.3 is 18.1 Å². The average molecular weight is 228 g/mol. The molecule has 0 amide bonds. The summed E-state index contributed by atoms with van der Waals surface area (Å²) in [6.07, 6.45) is -8.22. The highest BCUT2D eigenvalue weighted by Gasteiger charge is 2.44. The van der Waals surface area contributed by atoms with E-state index in [4.69, 9.17) is 0 Å². The van der Waals surface area contributed by atoms with Gasteiger partial charge in [0.25, 0.3) is 0 Å². The molecule has 0 rings (SSSR count). The molecule has 88 valence electrons. The summed E-state index contributed by atoms with van der Waals surface area (Å²) in [7, 11) is 0. The number of rotatable bonds is 4. The Balaban J connectivity index is 4.38. The minimum Gasteiger partial charge on any atom is -0.466 e. The van der Waals surface area contributed by atoms with E-state index in [9.17, 15) is 22.8 Å². The minimum absolute atomic E-state index is 0.0243. The Hall–Kier alpha value is -1.27. The van der Waals surface area contributed by atoms with E-state index in [-0.39, 0.29) is 6.61 Å². The Labute approximate surface area is 84.3 Å². The molecule has 0 aromatic rings. The third-order valence-electron chi connectivity index (χ3n) is 1.33. The lowest BCUT2D eigenvalue weighted by Gasteiger charge is -2.18. The maximum Gasteiger partial charge on any atom is 0.426 e. The van der Waals surface area contributed by atoms with Crippen LogP contribution in [-0.2, 0) is 19.1 Å². The zero-order chi connectivity index (χ0) is 12.1. The Morgan fingerprint density at radius 2 is 1.87 bits per heavy atom. The van der Waals surface area contributed by atoms with E-state index >= 15 is 0 Å². The van der Waals surface area contributed by atoms with Crippen LogP contribution in [0.3, 0.4) is 0 Å². The fourth-order valence-corrected chi connectivity index (χ4v) is 0.796. The van der Waals surface area contributed by atoms with Crippen LogP contribution < -0.4 is 0 Å². The van der Waals surface area contributed by atoms with Crippen LogP contribution in [-0.4, -0.2) is 30.8 Å². The van der Waals surface area contributed by atoms with Crippen molar-refractivity contribution in [2.45, 2.75) is 32.5 Å². The lowest BCUT2D eigenvalue weighted by molar-refractivity contribution is -0.223. The summed E-state index contributed by atoms with van der Waals surface area (Å²) in [6, 6.07) is 0. The molecule has 0 aliphatic heterocycles. The molecule has 0 aromatic heterocycles. The van der Waals surface area contributed by atoms with Gasteiger partial charge in [-0.15, -0.1) is 0 Å². The SMILES string of the molecule is CCOC(=O)C[C@H](OC(C)=O)C(F)(F)F. The number of ether oxygens (including phenoxy) is 2. The lowest BCUT2D eigenvalue weighted by Crippen LogP contribution is -2.35. The fraction of sp³-hybridized carbons (Fsp3) is 0.750. The summed E-state index contributed by atoms with van der Waals surface area (Å²) >= 11 is 0. The normalized spacial score (nSPS) is 13.1. The van der Waals surface area contributed by atoms with E-state index in [2.05, 4.69) is 9.47 Å². The Morgan fingerprint density at radius 3 is 2.20 bits per heavy atom. The third kappa shape index (κ3) is 5.92. The van der Waals surface area contributed by atoms with Crippen molar-refractivity contribution in [3.8, 4) is 0 Å². The third-order valence-corrected chi connectivity index (χ3v) is 1.33. The number of halogens is 3. The summed E-state index contributed by atoms with van der Waals surface area (Å²) < 4.78 is 44.9. The molecule has 4 nitrogen and oxygen atoms in total. The van der Waals surface area contributed by atoms with Gasteiger partial charge in [-0.2, -0.15) is 13.2 Å². The van der Waals surface area contributed by atoms with E-state index in [1.807, 2.05) is 0 Å². The summed E-state index contributed by atoms with van der Waals surface area (Å²) in [5.41, 5.74) is 0. The molecule has 0 fully saturated rings. The first-order valence-electron chi connectivity index (χ1n) is 4.17. The van der Waals surface area contributed by atoms with Crippen LogP contribution in [0.25, 0.3) is 0 Å². The molecule has 0 aliphatic rings. The molecule has 0 saturated heterocycles. The first kappa shape index (κ1) is 13.7. The molecular weight excluding hydrogens is 217 g/mol. The molecule has 0 spiro atoms. The fourth-order valence-electron chi connectivity index (χ4n) is 0.796. The molecule has 15 heavy (non-hydrogen) atoms. The smallest absolute Gasteiger partial charge is 0.426 e. The van der Waals surface area contributed by atoms with Gasteiger partial charge in [0.05, 0.1) is 13.0 Å². The topological polar surface area (TPSA) is 52.6 Å². The van der Waals surface area contributed by atoms with Crippen LogP contribution in [0.1, 0.15) is 20.3 Å². The zero-order valence-electron chi connectivity index (χ0n) is 8.26. The highest BCUT2D eigenvalue weighted by atomic mass is 19.4. The van der Waals surface area contributed by atoms with E-state index in [0.29, 0.717) is 0 Å². The van der Waals surface area contributed by atoms with E-state index < -0.39 is 30.6 Å². The van der Waals surface area contributed by atoms with Crippen molar-refractivity contribution in [2.24, 2.45) is 0 Å². The first-order chi connectivity index (χ1) is 6.77. The molecule has 0 unspecified atom stereocenters. The Morgan fingerprint density at radius 1 is 1.33 bits per heavy atom. The van der Waals surface area contributed by atoms with Gasteiger partial charge < -0.3 is 9.47 Å². The number of carbonyl (C=O) groups is 2. The van der Waals surface area contributed by atoms with Gasteiger partial charge in [-0.05, 0) is 6.92 Å². The molecule has 0 bridgehead atoms. The molecule has 0 radical (unpaired) electrons. The number of alkyl halides is 3. The van der Waals surface area contributed by atoms with Crippen LogP contribution in [0, 0.1) is 0 Å². The molecular formula is C8H11F3O4. The summed E-state index contributed by atoms with van der Waals surface area (Å²) in [5.74, 6) is -2.15. The zero-order valence-corrected chi connectivity index (χ0v) is 8.26. The van der Waals surface area contributed by atoms with Gasteiger partial charge in [-0.1, -0.05) is 0 Å². The maximum atomic E-state index is 12.2. The van der Waals surface area contributed by atoms with Crippen molar-refractivity contribution in [3.05, 3.63) is 0 Å². The quantitative estimate of drug-likeness (QED) is 0.683. The van der Waals surface area contributed by atoms with Crippen LogP contribution in [0.2, 0.25) is 0 Å². The predicted molar refractivity (Wildman–Crippen MR) is 42.9 cm³/mol. The molecule has 1 atom stereocenters. The van der Waals surface area contributed by atoms with Crippen molar-refractivity contribution in [2.75, 3.05) is 6.61 Å². The van der Waals surface area contributed by atoms with Crippen molar-refractivity contribution in [1.29, 1.82) is 0 Å². The second-order valence-electron chi connectivity index (χ2n) is 2.65. The minimum atomic E-state index is -4.77. The van der Waals surface area contributed by atoms with Crippen molar-refractivity contribution in [1.82, 2.24) is 0 Å². The number of hydrogen-bond donors (Lipinski definition) is 0. The molecule has 0 N–H and O–H groups in total. The average Bonchev–Trinajstić information content (AvgIpc) is 2.00. The Bertz CT molecular complexity index is 237. The standard InChI is InChI=1S/C8H11F3O4/c1-3-14-7(13)4-6(8(9,10)11)15-5(2)12/h6H,3-4H2,1-2H3/t6-/m0/s1. The predicted octanol–water partition coefficient (Wildman–Crippen LogP) is 1.43. The second-order valence-corrected chi connectivity index (χ2v) is 2.65. The van der Waals surface area contributed by atoms with Crippen LogP contribution in [0.15, 0.2) is 0 Å². The van der Waals surface area contributed by atoms with Gasteiger partial charge in [0.15, 0.2) is 0 Å². The van der Waals surface area contributed by atoms with Crippen LogP contribution in [0.5, 0.6) is 0 Å². The highest BCUT2D eigenvalue weighted by molar-refractivity contribution is 5.71. The van der Waals surface area contributed by atoms with Crippen molar-refractivity contribution in [3.63, 3.8) is 0 Å². The van der Waals surface area contributed by atoms with E-state index in [1.54, 1.807) is 0 Å². The second kappa shape index (κ2) is 5.57. The molecule has 7 heteroatoms. The highest BCUT2D eigenvalue weighted by Crippen LogP contribution is 2.25. The van der Waals surface area contributed by atoms with Gasteiger partial charge in [0.2, 0.25) is 6.10 Å². The van der Waals surface area contributed by atoms with Crippen molar-refractivity contribution < 1.29 is 32.2 Å². The monoisotopic (exact) mass is 228 g/mol. The van der Waals surface area contributed by atoms with Gasteiger partial charge in [0, 0.05) is 6.92 Å². The van der Waals surface area contributed by atoms with Gasteiger partial charge in [-0.25, -0.2) is 0 Å². The molecule has 0 aliphatic carbocycles. The van der Waals surface area contributed by atoms with Crippen LogP contribution >= 0.6 is 0 Å². The Kier molecular flexibility index (Phi) is 5.10. The van der Waals surface area contributed by atoms with Crippen LogP contribution in [0.4, 0.5) is 13.2 Å². The van der Waals surface area contributed by atoms with Gasteiger partial charge in [-0.3, -0.25) is 9.59 Å². The van der Waals surface area contributed by atoms with E-state index in [1.165, 1.54) is 6.92 Å². The number of esters is 2. The first-order valence-corrected chi connectivity index (χ1v) is 4.17. The lowest BCUT2D eigenvalue weighted by atomic mass is 10.2. The summed E-state index contributed by atoms with van der Waals surface area (Å²) in [5, 5.41) is 0. The molecule has 0 aromatic carbocycles. The number of carbonyl (C=O) groups excluding carboxylic acids is 2. The maximum absolute atomic E-state index is 12.2. The van der Waals surface area contributed by atoms with E-state index in [0.717, 1.165) is 6.92 Å². The number of hydrogen-bond acceptors (Lipinski definition) is 4. The van der Waals surface area contributed by atoms with Gasteiger partial charge in [0.1, 0.15) is 0 Å². The largest absolute Gasteiger partial charge is 0.466 e. The summed E-state index contributed by atoms with van der Waals surface area (Å²) in [6.45, 7) is 2.28.